The molecule has 148 valence electrons. The summed E-state index contributed by atoms with van der Waals surface area (Å²) in [6, 6.07) is 3.51. The van der Waals surface area contributed by atoms with Crippen LogP contribution in [0.15, 0.2) is 16.9 Å². The van der Waals surface area contributed by atoms with Crippen molar-refractivity contribution in [1.82, 2.24) is 24.5 Å². The van der Waals surface area contributed by atoms with E-state index in [0.29, 0.717) is 43.7 Å². The molecule has 28 heavy (non-hydrogen) atoms. The Morgan fingerprint density at radius 2 is 1.96 bits per heavy atom. The average Bonchev–Trinajstić information content (AvgIpc) is 3.34. The molecular weight excluding hydrogens is 358 g/mol. The third-order valence-corrected chi connectivity index (χ3v) is 6.08. The molecule has 4 heterocycles. The molecule has 0 aromatic carbocycles. The Kier molecular flexibility index (Phi) is 4.41. The molecule has 2 aromatic rings. The Morgan fingerprint density at radius 3 is 2.79 bits per heavy atom. The molecule has 8 heteroatoms. The first-order valence-electron chi connectivity index (χ1n) is 10.3. The van der Waals surface area contributed by atoms with Crippen LogP contribution in [0.3, 0.4) is 0 Å². The van der Waals surface area contributed by atoms with Gasteiger partial charge in [0, 0.05) is 44.7 Å². The van der Waals surface area contributed by atoms with Crippen LogP contribution in [0.4, 0.5) is 0 Å². The number of fused-ring (bicyclic) bond motifs is 2. The van der Waals surface area contributed by atoms with Gasteiger partial charge in [0.15, 0.2) is 5.69 Å². The molecule has 0 N–H and O–H groups in total. The Morgan fingerprint density at radius 1 is 1.11 bits per heavy atom. The lowest BCUT2D eigenvalue weighted by Gasteiger charge is -2.31. The molecule has 5 rings (SSSR count). The molecule has 1 saturated heterocycles. The summed E-state index contributed by atoms with van der Waals surface area (Å²) in [5, 5.41) is 8.99. The lowest BCUT2D eigenvalue weighted by atomic mass is 9.96. The smallest absolute Gasteiger partial charge is 0.274 e. The number of aryl methyl sites for hydroxylation is 3. The number of ether oxygens (including phenoxy) is 1. The highest BCUT2D eigenvalue weighted by Gasteiger charge is 2.27. The van der Waals surface area contributed by atoms with Gasteiger partial charge < -0.3 is 9.64 Å². The van der Waals surface area contributed by atoms with E-state index in [1.807, 2.05) is 4.90 Å². The number of carbonyl (C=O) groups excluding carboxylic acids is 1. The zero-order valence-electron chi connectivity index (χ0n) is 16.0. The Bertz CT molecular complexity index is 932. The van der Waals surface area contributed by atoms with Crippen LogP contribution >= 0.6 is 0 Å². The minimum Gasteiger partial charge on any atom is -0.478 e. The van der Waals surface area contributed by atoms with Crippen molar-refractivity contribution in [2.24, 2.45) is 5.92 Å². The van der Waals surface area contributed by atoms with Gasteiger partial charge in [0.25, 0.3) is 11.5 Å². The van der Waals surface area contributed by atoms with Crippen LogP contribution in [-0.4, -0.2) is 50.1 Å². The lowest BCUT2D eigenvalue weighted by Crippen LogP contribution is -2.40. The van der Waals surface area contributed by atoms with Gasteiger partial charge in [0.05, 0.1) is 12.3 Å². The van der Waals surface area contributed by atoms with Crippen LogP contribution < -0.4 is 10.3 Å². The number of hydrogen-bond donors (Lipinski definition) is 0. The molecule has 2 aromatic heterocycles. The first-order valence-corrected chi connectivity index (χ1v) is 10.3. The van der Waals surface area contributed by atoms with Crippen molar-refractivity contribution in [2.45, 2.75) is 51.6 Å². The van der Waals surface area contributed by atoms with Crippen LogP contribution in [0.1, 0.15) is 47.4 Å². The minimum atomic E-state index is -0.0308. The van der Waals surface area contributed by atoms with E-state index < -0.39 is 0 Å². The minimum absolute atomic E-state index is 0.00254. The molecule has 8 nitrogen and oxygen atoms in total. The van der Waals surface area contributed by atoms with Crippen LogP contribution in [0, 0.1) is 5.92 Å². The molecule has 1 fully saturated rings. The largest absolute Gasteiger partial charge is 0.478 e. The average molecular weight is 383 g/mol. The lowest BCUT2D eigenvalue weighted by molar-refractivity contribution is 0.0673. The van der Waals surface area contributed by atoms with Gasteiger partial charge in [-0.2, -0.15) is 10.2 Å². The number of hydrogen-bond acceptors (Lipinski definition) is 5. The molecule has 1 aliphatic carbocycles. The number of carbonyl (C=O) groups is 1. The van der Waals surface area contributed by atoms with Crippen LogP contribution in [0.25, 0.3) is 0 Å². The summed E-state index contributed by atoms with van der Waals surface area (Å²) >= 11 is 0. The van der Waals surface area contributed by atoms with Crippen LogP contribution in [-0.2, 0) is 25.9 Å². The quantitative estimate of drug-likeness (QED) is 0.797. The monoisotopic (exact) mass is 383 g/mol. The molecule has 0 spiro atoms. The molecular formula is C20H25N5O3. The van der Waals surface area contributed by atoms with Crippen molar-refractivity contribution in [1.29, 1.82) is 0 Å². The summed E-state index contributed by atoms with van der Waals surface area (Å²) in [5.74, 6) is 1.02. The number of nitrogens with zero attached hydrogens (tertiary/aromatic N) is 5. The second-order valence-electron chi connectivity index (χ2n) is 8.02. The van der Waals surface area contributed by atoms with Crippen molar-refractivity contribution in [3.8, 4) is 5.88 Å². The van der Waals surface area contributed by atoms with Gasteiger partial charge in [-0.1, -0.05) is 0 Å². The summed E-state index contributed by atoms with van der Waals surface area (Å²) in [6.07, 6.45) is 5.71. The Balaban J connectivity index is 1.21. The first kappa shape index (κ1) is 17.5. The van der Waals surface area contributed by atoms with Gasteiger partial charge in [0.2, 0.25) is 5.88 Å². The van der Waals surface area contributed by atoms with Crippen molar-refractivity contribution in [2.75, 3.05) is 19.7 Å². The predicted octanol–water partition coefficient (Wildman–Crippen LogP) is 1.26. The fourth-order valence-electron chi connectivity index (χ4n) is 4.47. The third kappa shape index (κ3) is 3.21. The van der Waals surface area contributed by atoms with Crippen molar-refractivity contribution in [3.05, 3.63) is 39.4 Å². The summed E-state index contributed by atoms with van der Waals surface area (Å²) in [6.45, 7) is 3.49. The van der Waals surface area contributed by atoms with E-state index in [1.54, 1.807) is 21.5 Å². The van der Waals surface area contributed by atoms with Gasteiger partial charge >= 0.3 is 0 Å². The van der Waals surface area contributed by atoms with Gasteiger partial charge in [-0.15, -0.1) is 0 Å². The number of aromatic nitrogens is 4. The fraction of sp³-hybridized carbons (Fsp3) is 0.600. The molecule has 0 atom stereocenters. The topological polar surface area (TPSA) is 82.2 Å². The highest BCUT2D eigenvalue weighted by Crippen LogP contribution is 2.23. The van der Waals surface area contributed by atoms with E-state index in [9.17, 15) is 9.59 Å². The van der Waals surface area contributed by atoms with Gasteiger partial charge in [-0.05, 0) is 43.6 Å². The molecule has 0 saturated carbocycles. The summed E-state index contributed by atoms with van der Waals surface area (Å²) in [7, 11) is 0. The van der Waals surface area contributed by atoms with E-state index in [0.717, 1.165) is 56.3 Å². The molecule has 0 unspecified atom stereocenters. The zero-order chi connectivity index (χ0) is 19.1. The SMILES string of the molecule is O=C(c1cc2n(n1)CCCO2)N1CCC(Cn2nc3c(cc2=O)CCC3)CC1. The zero-order valence-corrected chi connectivity index (χ0v) is 16.0. The van der Waals surface area contributed by atoms with Crippen molar-refractivity contribution in [3.63, 3.8) is 0 Å². The molecule has 0 radical (unpaired) electrons. The van der Waals surface area contributed by atoms with E-state index in [4.69, 9.17) is 4.74 Å². The van der Waals surface area contributed by atoms with Gasteiger partial charge in [-0.3, -0.25) is 9.59 Å². The van der Waals surface area contributed by atoms with E-state index in [1.165, 1.54) is 0 Å². The Labute approximate surface area is 163 Å². The van der Waals surface area contributed by atoms with Crippen LogP contribution in [0.2, 0.25) is 0 Å². The molecule has 1 amide bonds. The van der Waals surface area contributed by atoms with E-state index in [2.05, 4.69) is 10.2 Å². The maximum Gasteiger partial charge on any atom is 0.274 e. The highest BCUT2D eigenvalue weighted by atomic mass is 16.5. The molecule has 0 bridgehead atoms. The predicted molar refractivity (Wildman–Crippen MR) is 101 cm³/mol. The van der Waals surface area contributed by atoms with E-state index in [-0.39, 0.29) is 11.5 Å². The van der Waals surface area contributed by atoms with Gasteiger partial charge in [0.1, 0.15) is 0 Å². The molecule has 3 aliphatic rings. The van der Waals surface area contributed by atoms with Crippen LogP contribution in [0.5, 0.6) is 5.88 Å². The number of rotatable bonds is 3. The van der Waals surface area contributed by atoms with Crippen molar-refractivity contribution < 1.29 is 9.53 Å². The maximum atomic E-state index is 12.8. The van der Waals surface area contributed by atoms with Gasteiger partial charge in [-0.25, -0.2) is 9.36 Å². The molecule has 2 aliphatic heterocycles. The van der Waals surface area contributed by atoms with Crippen molar-refractivity contribution >= 4 is 5.91 Å². The summed E-state index contributed by atoms with van der Waals surface area (Å²) in [4.78, 5) is 27.0. The number of amides is 1. The second kappa shape index (κ2) is 7.07. The fourth-order valence-corrected chi connectivity index (χ4v) is 4.47. The highest BCUT2D eigenvalue weighted by molar-refractivity contribution is 5.92. The Hall–Kier alpha value is -2.64. The maximum absolute atomic E-state index is 12.8. The standard InChI is InChI=1S/C20H25N5O3/c26-18-11-15-3-1-4-16(15)21-25(18)13-14-5-8-23(9-6-14)20(27)17-12-19-24(22-17)7-2-10-28-19/h11-12,14H,1-10,13H2. The second-order valence-corrected chi connectivity index (χ2v) is 8.02. The first-order chi connectivity index (χ1) is 13.7. The number of piperidine rings is 1. The third-order valence-electron chi connectivity index (χ3n) is 6.08. The van der Waals surface area contributed by atoms with E-state index >= 15 is 0 Å². The number of likely N-dealkylation sites (tertiary alicyclic amines) is 1. The normalized spacial score (nSPS) is 19.2. The summed E-state index contributed by atoms with van der Waals surface area (Å²) in [5.41, 5.74) is 2.67. The summed E-state index contributed by atoms with van der Waals surface area (Å²) < 4.78 is 8.96.